The van der Waals surface area contributed by atoms with Gasteiger partial charge in [0.05, 0.1) is 0 Å². The molecule has 0 rings (SSSR count). The molecule has 0 aromatic carbocycles. The zero-order valence-corrected chi connectivity index (χ0v) is 7.21. The topological polar surface area (TPSA) is 83.8 Å². The third-order valence-corrected chi connectivity index (χ3v) is 2.12. The summed E-state index contributed by atoms with van der Waals surface area (Å²) in [7, 11) is -4.19. The lowest BCUT2D eigenvalue weighted by Gasteiger charge is -2.14. The summed E-state index contributed by atoms with van der Waals surface area (Å²) in [6.07, 6.45) is -1.09. The molecular formula is C5H12O5S. The van der Waals surface area contributed by atoms with Crippen LogP contribution in [0.25, 0.3) is 0 Å². The summed E-state index contributed by atoms with van der Waals surface area (Å²) in [5.74, 6) is 0. The molecule has 0 spiro atoms. The maximum Gasteiger partial charge on any atom is 0.292 e. The maximum absolute atomic E-state index is 10.4. The van der Waals surface area contributed by atoms with Crippen LogP contribution in [0.4, 0.5) is 0 Å². The van der Waals surface area contributed by atoms with Crippen molar-refractivity contribution < 1.29 is 22.8 Å². The number of aliphatic hydroxyl groups is 1. The fraction of sp³-hybridized carbons (Fsp3) is 1.00. The average molecular weight is 184 g/mol. The first kappa shape index (κ1) is 10.8. The van der Waals surface area contributed by atoms with Crippen molar-refractivity contribution in [1.29, 1.82) is 0 Å². The average Bonchev–Trinajstić information content (AvgIpc) is 1.79. The van der Waals surface area contributed by atoms with Gasteiger partial charge < -0.3 is 9.84 Å². The van der Waals surface area contributed by atoms with E-state index in [0.29, 0.717) is 0 Å². The van der Waals surface area contributed by atoms with Crippen molar-refractivity contribution >= 4 is 10.1 Å². The van der Waals surface area contributed by atoms with Crippen LogP contribution in [-0.4, -0.2) is 29.8 Å². The molecule has 0 aromatic heterocycles. The minimum Gasteiger partial charge on any atom is -0.368 e. The van der Waals surface area contributed by atoms with E-state index in [1.165, 1.54) is 13.8 Å². The highest BCUT2D eigenvalue weighted by Crippen LogP contribution is 2.07. The Morgan fingerprint density at radius 3 is 2.09 bits per heavy atom. The molecule has 0 heterocycles. The van der Waals surface area contributed by atoms with Gasteiger partial charge in [0.25, 0.3) is 10.1 Å². The molecule has 0 radical (unpaired) electrons. The molecule has 68 valence electrons. The Labute approximate surface area is 65.7 Å². The molecule has 6 heteroatoms. The maximum atomic E-state index is 10.4. The number of rotatable bonds is 4. The number of aliphatic hydroxyl groups excluding tert-OH is 1. The van der Waals surface area contributed by atoms with Gasteiger partial charge in [-0.3, -0.25) is 4.55 Å². The van der Waals surface area contributed by atoms with Gasteiger partial charge in [-0.2, -0.15) is 8.42 Å². The smallest absolute Gasteiger partial charge is 0.292 e. The monoisotopic (exact) mass is 184 g/mol. The molecule has 2 atom stereocenters. The molecule has 0 fully saturated rings. The Hall–Kier alpha value is -0.170. The van der Waals surface area contributed by atoms with Crippen molar-refractivity contribution in [3.8, 4) is 0 Å². The predicted octanol–water partition coefficient (Wildman–Crippen LogP) is -0.0348. The van der Waals surface area contributed by atoms with Crippen LogP contribution in [0.3, 0.4) is 0 Å². The lowest BCUT2D eigenvalue weighted by Crippen LogP contribution is -2.27. The van der Waals surface area contributed by atoms with E-state index in [2.05, 4.69) is 4.74 Å². The van der Waals surface area contributed by atoms with E-state index in [4.69, 9.17) is 9.66 Å². The first-order valence-corrected chi connectivity index (χ1v) is 4.68. The highest BCUT2D eigenvalue weighted by atomic mass is 32.2. The summed E-state index contributed by atoms with van der Waals surface area (Å²) < 4.78 is 33.8. The van der Waals surface area contributed by atoms with Crippen LogP contribution in [0.1, 0.15) is 20.3 Å². The molecule has 0 amide bonds. The van der Waals surface area contributed by atoms with E-state index in [1.54, 1.807) is 0 Å². The molecular weight excluding hydrogens is 172 g/mol. The van der Waals surface area contributed by atoms with Crippen LogP contribution >= 0.6 is 0 Å². The van der Waals surface area contributed by atoms with Gasteiger partial charge in [-0.1, -0.05) is 6.92 Å². The van der Waals surface area contributed by atoms with Crippen molar-refractivity contribution in [3.63, 3.8) is 0 Å². The second-order valence-electron chi connectivity index (χ2n) is 2.09. The lowest BCUT2D eigenvalue weighted by molar-refractivity contribution is -0.101. The van der Waals surface area contributed by atoms with E-state index >= 15 is 0 Å². The van der Waals surface area contributed by atoms with Gasteiger partial charge in [0.1, 0.15) is 0 Å². The largest absolute Gasteiger partial charge is 0.368 e. The lowest BCUT2D eigenvalue weighted by atomic mass is 10.5. The molecule has 0 aromatic rings. The Bertz CT molecular complexity index is 195. The minimum atomic E-state index is -4.19. The molecule has 5 nitrogen and oxygen atoms in total. The normalized spacial score (nSPS) is 17.8. The van der Waals surface area contributed by atoms with Gasteiger partial charge in [-0.05, 0) is 13.3 Å². The molecule has 2 unspecified atom stereocenters. The predicted molar refractivity (Wildman–Crippen MR) is 38.4 cm³/mol. The fourth-order valence-corrected chi connectivity index (χ4v) is 1.32. The van der Waals surface area contributed by atoms with Crippen molar-refractivity contribution in [3.05, 3.63) is 0 Å². The molecule has 0 bridgehead atoms. The van der Waals surface area contributed by atoms with Gasteiger partial charge >= 0.3 is 0 Å². The number of hydrogen-bond acceptors (Lipinski definition) is 4. The Balaban J connectivity index is 4.20. The zero-order valence-electron chi connectivity index (χ0n) is 6.39. The number of ether oxygens (including phenoxy) is 1. The van der Waals surface area contributed by atoms with Crippen LogP contribution in [0.5, 0.6) is 0 Å². The van der Waals surface area contributed by atoms with E-state index in [-0.39, 0.29) is 6.42 Å². The van der Waals surface area contributed by atoms with Crippen LogP contribution in [0.15, 0.2) is 0 Å². The van der Waals surface area contributed by atoms with Gasteiger partial charge in [-0.25, -0.2) is 0 Å². The second-order valence-corrected chi connectivity index (χ2v) is 3.64. The Morgan fingerprint density at radius 2 is 2.00 bits per heavy atom. The number of hydrogen-bond donors (Lipinski definition) is 2. The summed E-state index contributed by atoms with van der Waals surface area (Å²) in [5, 5.41) is 8.62. The van der Waals surface area contributed by atoms with Gasteiger partial charge in [0.2, 0.25) is 0 Å². The summed E-state index contributed by atoms with van der Waals surface area (Å²) in [5.41, 5.74) is -1.33. The Morgan fingerprint density at radius 1 is 1.55 bits per heavy atom. The highest BCUT2D eigenvalue weighted by molar-refractivity contribution is 7.86. The third kappa shape index (κ3) is 4.31. The van der Waals surface area contributed by atoms with Gasteiger partial charge in [0, 0.05) is 0 Å². The van der Waals surface area contributed by atoms with Crippen LogP contribution < -0.4 is 0 Å². The highest BCUT2D eigenvalue weighted by Gasteiger charge is 2.22. The SMILES string of the molecule is CCC(OC(C)O)S(=O)(=O)O. The van der Waals surface area contributed by atoms with Gasteiger partial charge in [0.15, 0.2) is 11.7 Å². The minimum absolute atomic E-state index is 0.101. The molecule has 2 N–H and O–H groups in total. The summed E-state index contributed by atoms with van der Waals surface area (Å²) in [4.78, 5) is 0. The summed E-state index contributed by atoms with van der Waals surface area (Å²) >= 11 is 0. The molecule has 0 aliphatic carbocycles. The first-order chi connectivity index (χ1) is 4.88. The van der Waals surface area contributed by atoms with Crippen molar-refractivity contribution in [2.24, 2.45) is 0 Å². The fourth-order valence-electron chi connectivity index (χ4n) is 0.597. The Kier molecular flexibility index (Phi) is 3.95. The van der Waals surface area contributed by atoms with Crippen LogP contribution in [-0.2, 0) is 14.9 Å². The first-order valence-electron chi connectivity index (χ1n) is 3.17. The molecule has 0 aliphatic rings. The summed E-state index contributed by atoms with van der Waals surface area (Å²) in [6.45, 7) is 2.80. The molecule has 0 saturated carbocycles. The van der Waals surface area contributed by atoms with E-state index in [1.807, 2.05) is 0 Å². The molecule has 11 heavy (non-hydrogen) atoms. The quantitative estimate of drug-likeness (QED) is 0.473. The van der Waals surface area contributed by atoms with Gasteiger partial charge in [-0.15, -0.1) is 0 Å². The second kappa shape index (κ2) is 4.01. The van der Waals surface area contributed by atoms with Crippen LogP contribution in [0, 0.1) is 0 Å². The van der Waals surface area contributed by atoms with Crippen molar-refractivity contribution in [1.82, 2.24) is 0 Å². The van der Waals surface area contributed by atoms with Crippen molar-refractivity contribution in [2.75, 3.05) is 0 Å². The molecule has 0 saturated heterocycles. The molecule has 0 aliphatic heterocycles. The van der Waals surface area contributed by atoms with Crippen molar-refractivity contribution in [2.45, 2.75) is 32.0 Å². The zero-order chi connectivity index (χ0) is 9.07. The van der Waals surface area contributed by atoms with E-state index in [9.17, 15) is 8.42 Å². The third-order valence-electron chi connectivity index (χ3n) is 1.01. The van der Waals surface area contributed by atoms with E-state index in [0.717, 1.165) is 0 Å². The standard InChI is InChI=1S/C5H12O5S/c1-3-5(10-4(2)6)11(7,8)9/h4-6H,3H2,1-2H3,(H,7,8,9). The van der Waals surface area contributed by atoms with Crippen LogP contribution in [0.2, 0.25) is 0 Å². The van der Waals surface area contributed by atoms with E-state index < -0.39 is 21.8 Å². The summed E-state index contributed by atoms with van der Waals surface area (Å²) in [6, 6.07) is 0.